The number of rotatable bonds is 5. The molecule has 5 heteroatoms. The number of aromatic nitrogens is 1. The van der Waals surface area contributed by atoms with Crippen LogP contribution in [-0.4, -0.2) is 23.2 Å². The van der Waals surface area contributed by atoms with Gasteiger partial charge < -0.3 is 14.6 Å². The zero-order chi connectivity index (χ0) is 13.7. The summed E-state index contributed by atoms with van der Waals surface area (Å²) in [7, 11) is 1.59. The van der Waals surface area contributed by atoms with Gasteiger partial charge in [-0.05, 0) is 23.8 Å². The van der Waals surface area contributed by atoms with E-state index in [1.165, 1.54) is 18.5 Å². The van der Waals surface area contributed by atoms with Crippen LogP contribution < -0.4 is 9.47 Å². The number of pyridine rings is 1. The smallest absolute Gasteiger partial charge is 0.341 e. The molecule has 0 saturated carbocycles. The standard InChI is InChI=1S/C14H13NO4/c1-18-11-4-2-3-10(7-11)9-19-13-5-6-15-8-12(13)14(16)17/h2-8H,9H2,1H3,(H,16,17). The molecule has 0 bridgehead atoms. The lowest BCUT2D eigenvalue weighted by Crippen LogP contribution is -2.04. The number of benzene rings is 1. The van der Waals surface area contributed by atoms with Gasteiger partial charge in [-0.25, -0.2) is 4.79 Å². The minimum absolute atomic E-state index is 0.0467. The Morgan fingerprint density at radius 3 is 2.95 bits per heavy atom. The van der Waals surface area contributed by atoms with E-state index < -0.39 is 5.97 Å². The molecule has 0 fully saturated rings. The third-order valence-corrected chi connectivity index (χ3v) is 2.54. The van der Waals surface area contributed by atoms with Gasteiger partial charge in [0.15, 0.2) is 0 Å². The Balaban J connectivity index is 2.12. The van der Waals surface area contributed by atoms with Crippen molar-refractivity contribution in [2.75, 3.05) is 7.11 Å². The Bertz CT molecular complexity index is 583. The van der Waals surface area contributed by atoms with E-state index in [9.17, 15) is 4.79 Å². The molecule has 0 saturated heterocycles. The van der Waals surface area contributed by atoms with Gasteiger partial charge in [0.05, 0.1) is 7.11 Å². The molecule has 1 aromatic heterocycles. The maximum absolute atomic E-state index is 11.0. The fourth-order valence-electron chi connectivity index (χ4n) is 1.59. The molecule has 0 aliphatic heterocycles. The summed E-state index contributed by atoms with van der Waals surface area (Å²) in [4.78, 5) is 14.8. The van der Waals surface area contributed by atoms with Crippen molar-refractivity contribution in [3.63, 3.8) is 0 Å². The maximum Gasteiger partial charge on any atom is 0.341 e. The molecule has 98 valence electrons. The minimum Gasteiger partial charge on any atom is -0.497 e. The lowest BCUT2D eigenvalue weighted by molar-refractivity contribution is 0.0691. The molecule has 2 aromatic rings. The van der Waals surface area contributed by atoms with Gasteiger partial charge in [-0.1, -0.05) is 12.1 Å². The zero-order valence-electron chi connectivity index (χ0n) is 10.4. The number of carboxylic acids is 1. The molecule has 0 radical (unpaired) electrons. The molecule has 0 aliphatic rings. The molecule has 0 aliphatic carbocycles. The van der Waals surface area contributed by atoms with E-state index in [4.69, 9.17) is 14.6 Å². The molecule has 0 spiro atoms. The molecule has 2 rings (SSSR count). The van der Waals surface area contributed by atoms with Gasteiger partial charge in [-0.3, -0.25) is 4.98 Å². The maximum atomic E-state index is 11.0. The first-order chi connectivity index (χ1) is 9.20. The van der Waals surface area contributed by atoms with Crippen molar-refractivity contribution in [1.29, 1.82) is 0 Å². The van der Waals surface area contributed by atoms with E-state index in [2.05, 4.69) is 4.98 Å². The van der Waals surface area contributed by atoms with Gasteiger partial charge in [0.1, 0.15) is 23.7 Å². The summed E-state index contributed by atoms with van der Waals surface area (Å²) in [5.74, 6) is -0.0339. The molecule has 0 unspecified atom stereocenters. The quantitative estimate of drug-likeness (QED) is 0.892. The van der Waals surface area contributed by atoms with Gasteiger partial charge in [-0.15, -0.1) is 0 Å². The van der Waals surface area contributed by atoms with Crippen molar-refractivity contribution in [2.24, 2.45) is 0 Å². The molecule has 5 nitrogen and oxygen atoms in total. The number of methoxy groups -OCH3 is 1. The number of ether oxygens (including phenoxy) is 2. The molecule has 1 N–H and O–H groups in total. The number of hydrogen-bond acceptors (Lipinski definition) is 4. The lowest BCUT2D eigenvalue weighted by atomic mass is 10.2. The van der Waals surface area contributed by atoms with Crippen LogP contribution in [0.15, 0.2) is 42.7 Å². The molecule has 0 amide bonds. The molecular formula is C14H13NO4. The van der Waals surface area contributed by atoms with Gasteiger partial charge in [0.25, 0.3) is 0 Å². The number of aromatic carboxylic acids is 1. The van der Waals surface area contributed by atoms with Crippen molar-refractivity contribution in [3.05, 3.63) is 53.9 Å². The van der Waals surface area contributed by atoms with Crippen LogP contribution in [0.25, 0.3) is 0 Å². The SMILES string of the molecule is COc1cccc(COc2ccncc2C(=O)O)c1. The highest BCUT2D eigenvalue weighted by Crippen LogP contribution is 2.19. The third kappa shape index (κ3) is 3.22. The van der Waals surface area contributed by atoms with E-state index in [0.717, 1.165) is 11.3 Å². The fraction of sp³-hybridized carbons (Fsp3) is 0.143. The second kappa shape index (κ2) is 5.86. The van der Waals surface area contributed by atoms with Crippen molar-refractivity contribution >= 4 is 5.97 Å². The number of hydrogen-bond donors (Lipinski definition) is 1. The second-order valence-electron chi connectivity index (χ2n) is 3.82. The van der Waals surface area contributed by atoms with E-state index in [1.54, 1.807) is 7.11 Å². The number of carbonyl (C=O) groups is 1. The monoisotopic (exact) mass is 259 g/mol. The Hall–Kier alpha value is -2.56. The van der Waals surface area contributed by atoms with Crippen LogP contribution in [0.4, 0.5) is 0 Å². The number of nitrogens with zero attached hydrogens (tertiary/aromatic N) is 1. The second-order valence-corrected chi connectivity index (χ2v) is 3.82. The average Bonchev–Trinajstić information content (AvgIpc) is 2.45. The van der Waals surface area contributed by atoms with E-state index in [0.29, 0.717) is 5.75 Å². The molecule has 1 aromatic carbocycles. The Kier molecular flexibility index (Phi) is 3.97. The Morgan fingerprint density at radius 1 is 1.37 bits per heavy atom. The summed E-state index contributed by atoms with van der Waals surface area (Å²) in [5.41, 5.74) is 0.942. The number of carboxylic acid groups (broad SMARTS) is 1. The summed E-state index contributed by atoms with van der Waals surface area (Å²) in [6.45, 7) is 0.265. The van der Waals surface area contributed by atoms with E-state index in [1.807, 2.05) is 24.3 Å². The Morgan fingerprint density at radius 2 is 2.21 bits per heavy atom. The van der Waals surface area contributed by atoms with Crippen LogP contribution in [0.3, 0.4) is 0 Å². The van der Waals surface area contributed by atoms with Gasteiger partial charge in [0.2, 0.25) is 0 Å². The van der Waals surface area contributed by atoms with Crippen molar-refractivity contribution < 1.29 is 19.4 Å². The molecular weight excluding hydrogens is 246 g/mol. The largest absolute Gasteiger partial charge is 0.497 e. The molecule has 0 atom stereocenters. The first-order valence-electron chi connectivity index (χ1n) is 5.63. The molecule has 1 heterocycles. The van der Waals surface area contributed by atoms with Crippen molar-refractivity contribution in [2.45, 2.75) is 6.61 Å². The normalized spacial score (nSPS) is 9.95. The van der Waals surface area contributed by atoms with Crippen LogP contribution >= 0.6 is 0 Å². The van der Waals surface area contributed by atoms with Crippen LogP contribution in [0, 0.1) is 0 Å². The first-order valence-corrected chi connectivity index (χ1v) is 5.63. The predicted octanol–water partition coefficient (Wildman–Crippen LogP) is 2.37. The van der Waals surface area contributed by atoms with Gasteiger partial charge >= 0.3 is 5.97 Å². The predicted molar refractivity (Wildman–Crippen MR) is 68.5 cm³/mol. The lowest BCUT2D eigenvalue weighted by Gasteiger charge is -2.09. The van der Waals surface area contributed by atoms with Crippen molar-refractivity contribution in [3.8, 4) is 11.5 Å². The van der Waals surface area contributed by atoms with Gasteiger partial charge in [-0.2, -0.15) is 0 Å². The topological polar surface area (TPSA) is 68.7 Å². The third-order valence-electron chi connectivity index (χ3n) is 2.54. The van der Waals surface area contributed by atoms with Crippen LogP contribution in [-0.2, 0) is 6.61 Å². The molecule has 19 heavy (non-hydrogen) atoms. The highest BCUT2D eigenvalue weighted by atomic mass is 16.5. The summed E-state index contributed by atoms with van der Waals surface area (Å²) in [5, 5.41) is 9.01. The van der Waals surface area contributed by atoms with E-state index in [-0.39, 0.29) is 12.2 Å². The first kappa shape index (κ1) is 12.9. The van der Waals surface area contributed by atoms with E-state index >= 15 is 0 Å². The average molecular weight is 259 g/mol. The van der Waals surface area contributed by atoms with Gasteiger partial charge in [0, 0.05) is 12.4 Å². The summed E-state index contributed by atoms with van der Waals surface area (Å²) in [6, 6.07) is 8.93. The highest BCUT2D eigenvalue weighted by Gasteiger charge is 2.11. The van der Waals surface area contributed by atoms with Crippen LogP contribution in [0.5, 0.6) is 11.5 Å². The Labute approximate surface area is 110 Å². The fourth-order valence-corrected chi connectivity index (χ4v) is 1.59. The summed E-state index contributed by atoms with van der Waals surface area (Å²) < 4.78 is 10.6. The summed E-state index contributed by atoms with van der Waals surface area (Å²) in [6.07, 6.45) is 2.76. The van der Waals surface area contributed by atoms with Crippen LogP contribution in [0.1, 0.15) is 15.9 Å². The van der Waals surface area contributed by atoms with Crippen LogP contribution in [0.2, 0.25) is 0 Å². The summed E-state index contributed by atoms with van der Waals surface area (Å²) >= 11 is 0. The minimum atomic E-state index is -1.06. The highest BCUT2D eigenvalue weighted by molar-refractivity contribution is 5.90. The zero-order valence-corrected chi connectivity index (χ0v) is 10.4. The van der Waals surface area contributed by atoms with Crippen molar-refractivity contribution in [1.82, 2.24) is 4.98 Å².